The summed E-state index contributed by atoms with van der Waals surface area (Å²) in [6, 6.07) is 4.55. The third-order valence-corrected chi connectivity index (χ3v) is 4.51. The molecule has 4 N–H and O–H groups in total. The van der Waals surface area contributed by atoms with Gasteiger partial charge in [-0.3, -0.25) is 4.79 Å². The van der Waals surface area contributed by atoms with Gasteiger partial charge in [-0.25, -0.2) is 23.3 Å². The number of sulfonamides is 1. The highest BCUT2D eigenvalue weighted by molar-refractivity contribution is 7.89. The van der Waals surface area contributed by atoms with E-state index >= 15 is 0 Å². The van der Waals surface area contributed by atoms with Crippen molar-refractivity contribution in [2.24, 2.45) is 5.14 Å². The number of carboxylic acids is 1. The molecule has 8 nitrogen and oxygen atoms in total. The molecule has 0 radical (unpaired) electrons. The molecule has 0 atom stereocenters. The fourth-order valence-electron chi connectivity index (χ4n) is 1.72. The number of carboxylic acid groups (broad SMARTS) is 1. The van der Waals surface area contributed by atoms with Gasteiger partial charge in [0.05, 0.1) is 28.0 Å². The van der Waals surface area contributed by atoms with Gasteiger partial charge in [-0.15, -0.1) is 11.3 Å². The monoisotopic (exact) mass is 343 g/mol. The molecular weight excluding hydrogens is 330 g/mol. The Bertz CT molecular complexity index is 828. The highest BCUT2D eigenvalue weighted by Crippen LogP contribution is 2.23. The number of nitrogens with two attached hydrogens (primary N) is 1. The maximum Gasteiger partial charge on any atom is 0.335 e. The molecule has 2 rings (SSSR count). The van der Waals surface area contributed by atoms with Gasteiger partial charge in [0, 0.05) is 6.54 Å². The number of carbonyl (C=O) groups is 2. The van der Waals surface area contributed by atoms with Crippen LogP contribution >= 0.6 is 11.3 Å². The number of hydrogen-bond donors (Lipinski definition) is 3. The van der Waals surface area contributed by atoms with Crippen molar-refractivity contribution in [1.82, 2.24) is 10.3 Å². The molecule has 1 aromatic carbocycles. The van der Waals surface area contributed by atoms with Crippen LogP contribution in [-0.2, 0) is 21.2 Å². The van der Waals surface area contributed by atoms with Crippen LogP contribution in [0, 0.1) is 0 Å². The van der Waals surface area contributed by atoms with Crippen LogP contribution in [0.1, 0.15) is 15.4 Å². The van der Waals surface area contributed by atoms with E-state index in [1.165, 1.54) is 23.5 Å². The van der Waals surface area contributed by atoms with Crippen molar-refractivity contribution in [3.05, 3.63) is 28.8 Å². The molecule has 0 saturated carbocycles. The van der Waals surface area contributed by atoms with Gasteiger partial charge >= 0.3 is 5.97 Å². The average molecular weight is 343 g/mol. The van der Waals surface area contributed by atoms with Crippen molar-refractivity contribution >= 4 is 43.5 Å². The van der Waals surface area contributed by atoms with E-state index in [4.69, 9.17) is 10.2 Å². The Kier molecular flexibility index (Phi) is 4.74. The smallest absolute Gasteiger partial charge is 0.335 e. The van der Waals surface area contributed by atoms with Crippen molar-refractivity contribution in [3.63, 3.8) is 0 Å². The van der Waals surface area contributed by atoms with Crippen LogP contribution in [0.15, 0.2) is 18.2 Å². The maximum absolute atomic E-state index is 11.7. The lowest BCUT2D eigenvalue weighted by molar-refractivity contribution is -0.120. The predicted octanol–water partition coefficient (Wildman–Crippen LogP) is -0.0583. The molecule has 0 bridgehead atoms. The molecule has 0 aliphatic rings. The van der Waals surface area contributed by atoms with Crippen LogP contribution in [-0.4, -0.2) is 42.7 Å². The zero-order valence-corrected chi connectivity index (χ0v) is 12.9. The first-order valence-electron chi connectivity index (χ1n) is 6.14. The number of fused-ring (bicyclic) bond motifs is 1. The van der Waals surface area contributed by atoms with Gasteiger partial charge in [-0.05, 0) is 18.2 Å². The van der Waals surface area contributed by atoms with Crippen molar-refractivity contribution < 1.29 is 23.1 Å². The number of primary sulfonamides is 1. The average Bonchev–Trinajstić information content (AvgIpc) is 2.77. The fraction of sp³-hybridized carbons (Fsp3) is 0.250. The van der Waals surface area contributed by atoms with Crippen LogP contribution in [0.5, 0.6) is 0 Å². The largest absolute Gasteiger partial charge is 0.478 e. The maximum atomic E-state index is 11.7. The molecule has 1 heterocycles. The Hall–Kier alpha value is -2.04. The van der Waals surface area contributed by atoms with Crippen molar-refractivity contribution in [2.75, 3.05) is 12.3 Å². The zero-order valence-electron chi connectivity index (χ0n) is 11.3. The van der Waals surface area contributed by atoms with Crippen molar-refractivity contribution in [2.45, 2.75) is 6.42 Å². The summed E-state index contributed by atoms with van der Waals surface area (Å²) in [4.78, 5) is 26.8. The van der Waals surface area contributed by atoms with Crippen LogP contribution in [0.25, 0.3) is 10.2 Å². The first-order valence-corrected chi connectivity index (χ1v) is 8.68. The molecule has 1 aromatic heterocycles. The minimum Gasteiger partial charge on any atom is -0.478 e. The van der Waals surface area contributed by atoms with Gasteiger partial charge < -0.3 is 10.4 Å². The number of carbonyl (C=O) groups excluding carboxylic acids is 1. The summed E-state index contributed by atoms with van der Waals surface area (Å²) < 4.78 is 22.3. The number of hydrogen-bond acceptors (Lipinski definition) is 6. The molecule has 1 amide bonds. The number of aromatic nitrogens is 1. The molecule has 0 aliphatic heterocycles. The summed E-state index contributed by atoms with van der Waals surface area (Å²) in [6.07, 6.45) is -0.00757. The SMILES string of the molecule is NS(=O)(=O)CCNC(=O)Cc1nc2cc(C(=O)O)ccc2s1. The quantitative estimate of drug-likeness (QED) is 0.671. The molecule has 118 valence electrons. The van der Waals surface area contributed by atoms with Crippen molar-refractivity contribution in [3.8, 4) is 0 Å². The second-order valence-electron chi connectivity index (χ2n) is 4.49. The number of benzene rings is 1. The molecule has 0 spiro atoms. The van der Waals surface area contributed by atoms with E-state index in [0.29, 0.717) is 10.5 Å². The molecule has 22 heavy (non-hydrogen) atoms. The van der Waals surface area contributed by atoms with E-state index in [0.717, 1.165) is 4.70 Å². The molecule has 2 aromatic rings. The number of rotatable bonds is 6. The third-order valence-electron chi connectivity index (χ3n) is 2.70. The van der Waals surface area contributed by atoms with Gasteiger partial charge in [-0.2, -0.15) is 0 Å². The van der Waals surface area contributed by atoms with Crippen LogP contribution in [0.3, 0.4) is 0 Å². The Labute approximate surface area is 130 Å². The van der Waals surface area contributed by atoms with E-state index < -0.39 is 16.0 Å². The molecule has 0 saturated heterocycles. The Morgan fingerprint density at radius 3 is 2.73 bits per heavy atom. The number of nitrogens with zero attached hydrogens (tertiary/aromatic N) is 1. The lowest BCUT2D eigenvalue weighted by Crippen LogP contribution is -2.32. The van der Waals surface area contributed by atoms with E-state index in [-0.39, 0.29) is 30.2 Å². The summed E-state index contributed by atoms with van der Waals surface area (Å²) >= 11 is 1.28. The minimum atomic E-state index is -3.61. The summed E-state index contributed by atoms with van der Waals surface area (Å²) in [7, 11) is -3.61. The molecule has 0 fully saturated rings. The van der Waals surface area contributed by atoms with Gasteiger partial charge in [0.15, 0.2) is 0 Å². The van der Waals surface area contributed by atoms with E-state index in [9.17, 15) is 18.0 Å². The van der Waals surface area contributed by atoms with Gasteiger partial charge in [0.1, 0.15) is 5.01 Å². The summed E-state index contributed by atoms with van der Waals surface area (Å²) in [5.41, 5.74) is 0.638. The van der Waals surface area contributed by atoms with Crippen molar-refractivity contribution in [1.29, 1.82) is 0 Å². The Balaban J connectivity index is 2.02. The summed E-state index contributed by atoms with van der Waals surface area (Å²) in [5.74, 6) is -1.75. The fourth-order valence-corrected chi connectivity index (χ4v) is 3.05. The van der Waals surface area contributed by atoms with Gasteiger partial charge in [0.25, 0.3) is 0 Å². The van der Waals surface area contributed by atoms with Crippen LogP contribution in [0.4, 0.5) is 0 Å². The zero-order chi connectivity index (χ0) is 16.3. The highest BCUT2D eigenvalue weighted by atomic mass is 32.2. The second-order valence-corrected chi connectivity index (χ2v) is 7.34. The third kappa shape index (κ3) is 4.48. The lowest BCUT2D eigenvalue weighted by Gasteiger charge is -2.02. The number of aromatic carboxylic acids is 1. The summed E-state index contributed by atoms with van der Waals surface area (Å²) in [6.45, 7) is -0.0638. The highest BCUT2D eigenvalue weighted by Gasteiger charge is 2.12. The Morgan fingerprint density at radius 2 is 2.09 bits per heavy atom. The lowest BCUT2D eigenvalue weighted by atomic mass is 10.2. The van der Waals surface area contributed by atoms with E-state index in [1.54, 1.807) is 6.07 Å². The minimum absolute atomic E-state index is 0.00757. The van der Waals surface area contributed by atoms with Crippen LogP contribution < -0.4 is 10.5 Å². The second kappa shape index (κ2) is 6.38. The first kappa shape index (κ1) is 16.3. The van der Waals surface area contributed by atoms with Gasteiger partial charge in [0.2, 0.25) is 15.9 Å². The summed E-state index contributed by atoms with van der Waals surface area (Å²) in [5, 5.41) is 16.7. The van der Waals surface area contributed by atoms with E-state index in [2.05, 4.69) is 10.3 Å². The standard InChI is InChI=1S/C12H13N3O5S2/c13-22(19,20)4-3-14-10(16)6-11-15-8-5-7(12(17)18)1-2-9(8)21-11/h1-2,5H,3-4,6H2,(H,14,16)(H,17,18)(H2,13,19,20). The normalized spacial score (nSPS) is 11.5. The molecule has 0 unspecified atom stereocenters. The van der Waals surface area contributed by atoms with Crippen LogP contribution in [0.2, 0.25) is 0 Å². The first-order chi connectivity index (χ1) is 10.2. The van der Waals surface area contributed by atoms with Gasteiger partial charge in [-0.1, -0.05) is 0 Å². The molecular formula is C12H13N3O5S2. The number of nitrogens with one attached hydrogen (secondary N) is 1. The predicted molar refractivity (Wildman–Crippen MR) is 81.3 cm³/mol. The Morgan fingerprint density at radius 1 is 1.36 bits per heavy atom. The number of amides is 1. The van der Waals surface area contributed by atoms with E-state index in [1.807, 2.05) is 0 Å². The molecule has 10 heteroatoms. The molecule has 0 aliphatic carbocycles. The number of thiazole rings is 1. The topological polar surface area (TPSA) is 139 Å².